The second-order valence-corrected chi connectivity index (χ2v) is 5.01. The predicted molar refractivity (Wildman–Crippen MR) is 68.8 cm³/mol. The lowest BCUT2D eigenvalue weighted by atomic mass is 10.0. The molecule has 1 N–H and O–H groups in total. The average Bonchev–Trinajstić information content (AvgIpc) is 2.24. The number of rotatable bonds is 7. The van der Waals surface area contributed by atoms with Crippen LogP contribution < -0.4 is 5.32 Å². The molecular formula is C13H28N2O. The van der Waals surface area contributed by atoms with Crippen molar-refractivity contribution in [2.24, 2.45) is 0 Å². The van der Waals surface area contributed by atoms with Gasteiger partial charge in [0.05, 0.1) is 0 Å². The van der Waals surface area contributed by atoms with Crippen LogP contribution in [0.5, 0.6) is 0 Å². The summed E-state index contributed by atoms with van der Waals surface area (Å²) in [6.45, 7) is 11.9. The van der Waals surface area contributed by atoms with Gasteiger partial charge in [0.1, 0.15) is 0 Å². The highest BCUT2D eigenvalue weighted by Crippen LogP contribution is 2.10. The Morgan fingerprint density at radius 3 is 2.94 bits per heavy atom. The maximum atomic E-state index is 5.37. The van der Waals surface area contributed by atoms with Crippen LogP contribution in [0, 0.1) is 0 Å². The van der Waals surface area contributed by atoms with Crippen molar-refractivity contribution < 1.29 is 4.74 Å². The molecule has 1 atom stereocenters. The van der Waals surface area contributed by atoms with Gasteiger partial charge in [-0.05, 0) is 32.7 Å². The number of ether oxygens (including phenoxy) is 1. The predicted octanol–water partition coefficient (Wildman–Crippen LogP) is 1.88. The zero-order valence-electron chi connectivity index (χ0n) is 11.2. The molecule has 1 saturated heterocycles. The summed E-state index contributed by atoms with van der Waals surface area (Å²) in [5.74, 6) is 0. The lowest BCUT2D eigenvalue weighted by molar-refractivity contribution is 0.121. The van der Waals surface area contributed by atoms with Crippen LogP contribution in [0.3, 0.4) is 0 Å². The largest absolute Gasteiger partial charge is 0.382 e. The van der Waals surface area contributed by atoms with E-state index in [1.807, 2.05) is 0 Å². The van der Waals surface area contributed by atoms with Crippen LogP contribution >= 0.6 is 0 Å². The summed E-state index contributed by atoms with van der Waals surface area (Å²) in [6.07, 6.45) is 3.83. The van der Waals surface area contributed by atoms with E-state index in [0.29, 0.717) is 12.1 Å². The van der Waals surface area contributed by atoms with E-state index in [2.05, 4.69) is 31.0 Å². The van der Waals surface area contributed by atoms with E-state index in [0.717, 1.165) is 13.2 Å². The van der Waals surface area contributed by atoms with Crippen LogP contribution in [0.25, 0.3) is 0 Å². The number of hydrogen-bond acceptors (Lipinski definition) is 3. The SMILES string of the molecule is CCOCCCN1CCCC(NC(C)C)C1. The van der Waals surface area contributed by atoms with E-state index in [1.54, 1.807) is 0 Å². The molecule has 1 rings (SSSR count). The van der Waals surface area contributed by atoms with E-state index < -0.39 is 0 Å². The Bertz CT molecular complexity index is 173. The molecule has 1 fully saturated rings. The fraction of sp³-hybridized carbons (Fsp3) is 1.00. The van der Waals surface area contributed by atoms with Gasteiger partial charge in [-0.1, -0.05) is 13.8 Å². The Morgan fingerprint density at radius 2 is 2.25 bits per heavy atom. The van der Waals surface area contributed by atoms with Crippen LogP contribution in [0.4, 0.5) is 0 Å². The molecule has 0 radical (unpaired) electrons. The summed E-state index contributed by atoms with van der Waals surface area (Å²) in [4.78, 5) is 2.57. The zero-order valence-corrected chi connectivity index (χ0v) is 11.2. The molecule has 1 aliphatic heterocycles. The molecule has 1 aliphatic rings. The summed E-state index contributed by atoms with van der Waals surface area (Å²) < 4.78 is 5.37. The third kappa shape index (κ3) is 5.83. The normalized spacial score (nSPS) is 22.9. The third-order valence-corrected chi connectivity index (χ3v) is 3.04. The van der Waals surface area contributed by atoms with Gasteiger partial charge >= 0.3 is 0 Å². The van der Waals surface area contributed by atoms with Gasteiger partial charge in [-0.15, -0.1) is 0 Å². The van der Waals surface area contributed by atoms with E-state index in [9.17, 15) is 0 Å². The molecule has 16 heavy (non-hydrogen) atoms. The Morgan fingerprint density at radius 1 is 1.44 bits per heavy atom. The van der Waals surface area contributed by atoms with E-state index in [1.165, 1.54) is 38.9 Å². The Hall–Kier alpha value is -0.120. The van der Waals surface area contributed by atoms with E-state index >= 15 is 0 Å². The lowest BCUT2D eigenvalue weighted by Crippen LogP contribution is -2.48. The third-order valence-electron chi connectivity index (χ3n) is 3.04. The molecule has 0 aromatic heterocycles. The van der Waals surface area contributed by atoms with Gasteiger partial charge in [0.15, 0.2) is 0 Å². The van der Waals surface area contributed by atoms with Crippen molar-refractivity contribution >= 4 is 0 Å². The molecule has 0 aliphatic carbocycles. The smallest absolute Gasteiger partial charge is 0.0478 e. The first kappa shape index (κ1) is 13.9. The Balaban J connectivity index is 2.12. The summed E-state index contributed by atoms with van der Waals surface area (Å²) in [5, 5.41) is 3.64. The van der Waals surface area contributed by atoms with Crippen molar-refractivity contribution in [3.63, 3.8) is 0 Å². The van der Waals surface area contributed by atoms with Crippen LogP contribution in [0.1, 0.15) is 40.0 Å². The first-order valence-corrected chi connectivity index (χ1v) is 6.78. The Kier molecular flexibility index (Phi) is 7.01. The minimum absolute atomic E-state index is 0.605. The zero-order chi connectivity index (χ0) is 11.8. The van der Waals surface area contributed by atoms with E-state index in [4.69, 9.17) is 4.74 Å². The van der Waals surface area contributed by atoms with Crippen LogP contribution in [0.2, 0.25) is 0 Å². The van der Waals surface area contributed by atoms with Gasteiger partial charge in [-0.3, -0.25) is 0 Å². The van der Waals surface area contributed by atoms with Gasteiger partial charge in [-0.2, -0.15) is 0 Å². The minimum atomic E-state index is 0.605. The van der Waals surface area contributed by atoms with Crippen molar-refractivity contribution in [3.8, 4) is 0 Å². The standard InChI is InChI=1S/C13H28N2O/c1-4-16-10-6-9-15-8-5-7-13(11-15)14-12(2)3/h12-14H,4-11H2,1-3H3. The van der Waals surface area contributed by atoms with E-state index in [-0.39, 0.29) is 0 Å². The number of nitrogens with zero attached hydrogens (tertiary/aromatic N) is 1. The number of hydrogen-bond donors (Lipinski definition) is 1. The van der Waals surface area contributed by atoms with Gasteiger partial charge in [0, 0.05) is 38.4 Å². The van der Waals surface area contributed by atoms with Crippen LogP contribution in [-0.4, -0.2) is 49.8 Å². The van der Waals surface area contributed by atoms with Crippen molar-refractivity contribution in [1.82, 2.24) is 10.2 Å². The number of likely N-dealkylation sites (tertiary alicyclic amines) is 1. The number of piperidine rings is 1. The van der Waals surface area contributed by atoms with Gasteiger partial charge in [0.25, 0.3) is 0 Å². The van der Waals surface area contributed by atoms with Gasteiger partial charge in [-0.25, -0.2) is 0 Å². The van der Waals surface area contributed by atoms with Gasteiger partial charge < -0.3 is 15.0 Å². The quantitative estimate of drug-likeness (QED) is 0.673. The Labute approximate surface area is 101 Å². The van der Waals surface area contributed by atoms with Crippen molar-refractivity contribution in [1.29, 1.82) is 0 Å². The topological polar surface area (TPSA) is 24.5 Å². The lowest BCUT2D eigenvalue weighted by Gasteiger charge is -2.34. The summed E-state index contributed by atoms with van der Waals surface area (Å²) in [5.41, 5.74) is 0. The highest BCUT2D eigenvalue weighted by Gasteiger charge is 2.19. The van der Waals surface area contributed by atoms with Crippen LogP contribution in [-0.2, 0) is 4.74 Å². The molecule has 1 heterocycles. The summed E-state index contributed by atoms with van der Waals surface area (Å²) in [7, 11) is 0. The first-order chi connectivity index (χ1) is 7.72. The summed E-state index contributed by atoms with van der Waals surface area (Å²) in [6, 6.07) is 1.30. The van der Waals surface area contributed by atoms with Crippen molar-refractivity contribution in [2.75, 3.05) is 32.8 Å². The maximum Gasteiger partial charge on any atom is 0.0478 e. The molecule has 0 saturated carbocycles. The fourth-order valence-corrected chi connectivity index (χ4v) is 2.40. The first-order valence-electron chi connectivity index (χ1n) is 6.78. The molecule has 0 aromatic rings. The highest BCUT2D eigenvalue weighted by molar-refractivity contribution is 4.79. The van der Waals surface area contributed by atoms with Gasteiger partial charge in [0.2, 0.25) is 0 Å². The highest BCUT2D eigenvalue weighted by atomic mass is 16.5. The molecule has 96 valence electrons. The molecule has 1 unspecified atom stereocenters. The maximum absolute atomic E-state index is 5.37. The minimum Gasteiger partial charge on any atom is -0.382 e. The average molecular weight is 228 g/mol. The molecule has 3 heteroatoms. The molecule has 3 nitrogen and oxygen atoms in total. The molecule has 0 spiro atoms. The molecule has 0 amide bonds. The van der Waals surface area contributed by atoms with Crippen molar-refractivity contribution in [2.45, 2.75) is 52.1 Å². The fourth-order valence-electron chi connectivity index (χ4n) is 2.40. The molecule has 0 bridgehead atoms. The second kappa shape index (κ2) is 8.04. The number of nitrogens with one attached hydrogen (secondary N) is 1. The molecule has 0 aromatic carbocycles. The monoisotopic (exact) mass is 228 g/mol. The molecular weight excluding hydrogens is 200 g/mol. The van der Waals surface area contributed by atoms with Crippen LogP contribution in [0.15, 0.2) is 0 Å². The second-order valence-electron chi connectivity index (χ2n) is 5.01. The van der Waals surface area contributed by atoms with Crippen molar-refractivity contribution in [3.05, 3.63) is 0 Å². The summed E-state index contributed by atoms with van der Waals surface area (Å²) >= 11 is 0.